The summed E-state index contributed by atoms with van der Waals surface area (Å²) in [5, 5.41) is 11.6. The monoisotopic (exact) mass is 456 g/mol. The first-order valence-corrected chi connectivity index (χ1v) is 20.5. The first kappa shape index (κ1) is 18.8. The zero-order valence-electron chi connectivity index (χ0n) is 14.5. The van der Waals surface area contributed by atoms with Gasteiger partial charge in [-0.1, -0.05) is 23.3 Å². The topological polar surface area (TPSA) is 28.2 Å². The Bertz CT molecular complexity index is 746. The third-order valence-corrected chi connectivity index (χ3v) is 3.92. The molecule has 0 saturated carbocycles. The van der Waals surface area contributed by atoms with Crippen LogP contribution in [0.5, 0.6) is 0 Å². The average molecular weight is 456 g/mol. The third kappa shape index (κ3) is 4.49. The summed E-state index contributed by atoms with van der Waals surface area (Å²) in [6.07, 6.45) is 3.88. The van der Waals surface area contributed by atoms with Crippen LogP contribution in [0, 0.1) is 0 Å². The molecule has 1 aromatic carbocycles. The second-order valence-corrected chi connectivity index (χ2v) is 27.9. The molecule has 2 nitrogen and oxygen atoms in total. The molecule has 2 aliphatic heterocycles. The molecule has 0 unspecified atom stereocenters. The Labute approximate surface area is 150 Å². The molecule has 23 heavy (non-hydrogen) atoms. The van der Waals surface area contributed by atoms with Gasteiger partial charge in [0, 0.05) is 0 Å². The first-order chi connectivity index (χ1) is 10.6. The van der Waals surface area contributed by atoms with Crippen LogP contribution in [-0.4, -0.2) is 16.1 Å². The molecule has 0 aromatic heterocycles. The van der Waals surface area contributed by atoms with E-state index >= 15 is 0 Å². The van der Waals surface area contributed by atoms with Crippen LogP contribution in [0.25, 0.3) is 21.8 Å². The van der Waals surface area contributed by atoms with Crippen molar-refractivity contribution in [2.24, 2.45) is 0 Å². The van der Waals surface area contributed by atoms with E-state index in [9.17, 15) is 0 Å². The van der Waals surface area contributed by atoms with Crippen LogP contribution in [0.15, 0.2) is 35.7 Å². The predicted octanol–water partition coefficient (Wildman–Crippen LogP) is 6.04. The number of allylic oxidation sites excluding steroid dienone is 2. The van der Waals surface area contributed by atoms with Gasteiger partial charge in [0.15, 0.2) is 0 Å². The van der Waals surface area contributed by atoms with Crippen molar-refractivity contribution in [1.82, 2.24) is 0 Å². The van der Waals surface area contributed by atoms with Crippen molar-refractivity contribution in [3.63, 3.8) is 0 Å². The van der Waals surface area contributed by atoms with Crippen molar-refractivity contribution in [1.29, 1.82) is 0 Å². The molecule has 0 N–H and O–H groups in total. The summed E-state index contributed by atoms with van der Waals surface area (Å²) in [5.41, 5.74) is 7.07. The molecule has 2 aliphatic rings. The number of benzene rings is 1. The molecule has 2 heterocycles. The van der Waals surface area contributed by atoms with Gasteiger partial charge in [-0.15, -0.1) is 11.4 Å². The number of rotatable bonds is 0. The standard InChI is InChI=1S/C16H16N2.2CH3.2ClH.Sn/c1-9-7-17-15-13(11(9)3)5-6-14-12(4)10(2)8-18-16(14)15;;;;;/h5-8H,1-4H3;2*1H3;2*1H;/q-2;;;;;+2/p-2. The van der Waals surface area contributed by atoms with E-state index < -0.39 is 16.1 Å². The Morgan fingerprint density at radius 3 is 1.35 bits per heavy atom. The van der Waals surface area contributed by atoms with Gasteiger partial charge in [0.25, 0.3) is 0 Å². The van der Waals surface area contributed by atoms with E-state index in [2.05, 4.69) is 50.5 Å². The van der Waals surface area contributed by atoms with Crippen LogP contribution in [0.2, 0.25) is 9.88 Å². The summed E-state index contributed by atoms with van der Waals surface area (Å²) in [5.74, 6) is 0. The van der Waals surface area contributed by atoms with Gasteiger partial charge in [-0.3, -0.25) is 0 Å². The molecule has 0 saturated heterocycles. The predicted molar refractivity (Wildman–Crippen MR) is 107 cm³/mol. The maximum atomic E-state index is 5.51. The van der Waals surface area contributed by atoms with Gasteiger partial charge in [-0.05, 0) is 49.3 Å². The molecule has 0 bridgehead atoms. The van der Waals surface area contributed by atoms with Crippen molar-refractivity contribution in [3.8, 4) is 0 Å². The van der Waals surface area contributed by atoms with Crippen LogP contribution in [0.3, 0.4) is 0 Å². The van der Waals surface area contributed by atoms with Crippen LogP contribution >= 0.6 is 17.8 Å². The molecule has 0 radical (unpaired) electrons. The van der Waals surface area contributed by atoms with Crippen LogP contribution in [-0.2, 0) is 0 Å². The summed E-state index contributed by atoms with van der Waals surface area (Å²) in [6.45, 7) is 8.48. The maximum absolute atomic E-state index is 5.51. The molecule has 124 valence electrons. The van der Waals surface area contributed by atoms with Gasteiger partial charge in [0.2, 0.25) is 0 Å². The first-order valence-electron chi connectivity index (χ1n) is 7.58. The van der Waals surface area contributed by atoms with Crippen LogP contribution < -0.4 is 10.4 Å². The van der Waals surface area contributed by atoms with E-state index in [4.69, 9.17) is 17.8 Å². The molecule has 5 heteroatoms. The molecule has 0 spiro atoms. The zero-order valence-corrected chi connectivity index (χ0v) is 18.8. The fraction of sp³-hybridized carbons (Fsp3) is 0.333. The quantitative estimate of drug-likeness (QED) is 0.427. The Balaban J connectivity index is 0.000000338. The minimum absolute atomic E-state index is 1.01. The SMILES string of the molecule is CC1=C[N-]c2c3c(ccc2=C1C)=C(C)C(C)=C[N-]3.[CH3][Sn]([CH3])([Cl])[Cl]. The molecular formula is C18H22Cl2N2Sn-2. The molecule has 0 atom stereocenters. The molecule has 0 fully saturated rings. The number of hydrogen-bond acceptors (Lipinski definition) is 0. The van der Waals surface area contributed by atoms with Gasteiger partial charge in [-0.2, -0.15) is 12.4 Å². The van der Waals surface area contributed by atoms with Crippen LogP contribution in [0.4, 0.5) is 11.4 Å². The van der Waals surface area contributed by atoms with E-state index in [-0.39, 0.29) is 0 Å². The summed E-state index contributed by atoms with van der Waals surface area (Å²) < 4.78 is 0. The van der Waals surface area contributed by atoms with Crippen LogP contribution in [0.1, 0.15) is 27.7 Å². The van der Waals surface area contributed by atoms with E-state index in [0.29, 0.717) is 0 Å². The molecule has 1 aromatic rings. The average Bonchev–Trinajstić information content (AvgIpc) is 2.44. The molecule has 0 amide bonds. The van der Waals surface area contributed by atoms with E-state index in [1.807, 2.05) is 22.3 Å². The van der Waals surface area contributed by atoms with Gasteiger partial charge >= 0.3 is 43.8 Å². The van der Waals surface area contributed by atoms with Crippen molar-refractivity contribution in [3.05, 3.63) is 56.7 Å². The number of nitrogens with zero attached hydrogens (tertiary/aromatic N) is 2. The fourth-order valence-corrected chi connectivity index (χ4v) is 2.39. The van der Waals surface area contributed by atoms with E-state index in [0.717, 1.165) is 11.4 Å². The van der Waals surface area contributed by atoms with Crippen molar-refractivity contribution in [2.45, 2.75) is 37.6 Å². The Morgan fingerprint density at radius 1 is 0.739 bits per heavy atom. The van der Waals surface area contributed by atoms with Gasteiger partial charge < -0.3 is 10.6 Å². The second kappa shape index (κ2) is 7.12. The van der Waals surface area contributed by atoms with Gasteiger partial charge in [-0.25, -0.2) is 0 Å². The number of hydrogen-bond donors (Lipinski definition) is 0. The van der Waals surface area contributed by atoms with Crippen molar-refractivity contribution >= 4 is 56.5 Å². The number of halogens is 2. The Kier molecular flexibility index (Phi) is 5.80. The summed E-state index contributed by atoms with van der Waals surface area (Å²) >= 11 is -2.24. The van der Waals surface area contributed by atoms with Gasteiger partial charge in [0.1, 0.15) is 0 Å². The van der Waals surface area contributed by atoms with E-state index in [1.54, 1.807) is 0 Å². The molecule has 3 rings (SSSR count). The zero-order chi connectivity index (χ0) is 17.4. The summed E-state index contributed by atoms with van der Waals surface area (Å²) in [6, 6.07) is 4.34. The summed E-state index contributed by atoms with van der Waals surface area (Å²) in [4.78, 5) is 3.86. The van der Waals surface area contributed by atoms with E-state index in [1.165, 1.54) is 32.7 Å². The normalized spacial score (nSPS) is 16.0. The summed E-state index contributed by atoms with van der Waals surface area (Å²) in [7, 11) is 11.0. The van der Waals surface area contributed by atoms with Crippen molar-refractivity contribution in [2.75, 3.05) is 0 Å². The Hall–Kier alpha value is -0.581. The Morgan fingerprint density at radius 2 is 1.04 bits per heavy atom. The molecular weight excluding hydrogens is 434 g/mol. The van der Waals surface area contributed by atoms with Gasteiger partial charge in [0.05, 0.1) is 0 Å². The van der Waals surface area contributed by atoms with Crippen molar-refractivity contribution < 1.29 is 0 Å². The number of fused-ring (bicyclic) bond motifs is 3. The second-order valence-electron chi connectivity index (χ2n) is 6.32. The fourth-order valence-electron chi connectivity index (χ4n) is 2.39. The molecule has 0 aliphatic carbocycles. The minimum atomic E-state index is -2.24. The third-order valence-electron chi connectivity index (χ3n) is 3.92.